The highest BCUT2D eigenvalue weighted by Crippen LogP contribution is 2.37. The monoisotopic (exact) mass is 426 g/mol. The van der Waals surface area contributed by atoms with Gasteiger partial charge in [0.1, 0.15) is 0 Å². The van der Waals surface area contributed by atoms with E-state index in [9.17, 15) is 0 Å². The van der Waals surface area contributed by atoms with Crippen LogP contribution in [0.25, 0.3) is 0 Å². The van der Waals surface area contributed by atoms with Crippen molar-refractivity contribution in [2.45, 2.75) is 0 Å². The summed E-state index contributed by atoms with van der Waals surface area (Å²) >= 11 is 15.1. The van der Waals surface area contributed by atoms with E-state index in [1.807, 2.05) is 21.6 Å². The van der Waals surface area contributed by atoms with Crippen molar-refractivity contribution in [1.29, 1.82) is 0 Å². The van der Waals surface area contributed by atoms with Gasteiger partial charge in [0.15, 0.2) is 0 Å². The standard InChI is InChI=1S/C12H28P2S6/c1-13(2,15)5-7-17-9-11-19-20-12-10-18-8-6-14(3,4)16/h5-12H2,1-4H3. The first kappa shape index (κ1) is 22.7. The average molecular weight is 427 g/mol. The summed E-state index contributed by atoms with van der Waals surface area (Å²) in [4.78, 5) is 0. The van der Waals surface area contributed by atoms with Gasteiger partial charge in [0.2, 0.25) is 0 Å². The van der Waals surface area contributed by atoms with Crippen LogP contribution in [0.15, 0.2) is 0 Å². The molecule has 0 aromatic carbocycles. The molecule has 122 valence electrons. The fourth-order valence-electron chi connectivity index (χ4n) is 1.08. The molecule has 0 heterocycles. The van der Waals surface area contributed by atoms with E-state index in [1.54, 1.807) is 0 Å². The normalized spacial score (nSPS) is 12.8. The van der Waals surface area contributed by atoms with Crippen LogP contribution in [0.4, 0.5) is 0 Å². The van der Waals surface area contributed by atoms with Crippen molar-refractivity contribution in [3.63, 3.8) is 0 Å². The molecule has 0 spiro atoms. The molecule has 0 aliphatic carbocycles. The van der Waals surface area contributed by atoms with E-state index >= 15 is 0 Å². The maximum atomic E-state index is 5.46. The topological polar surface area (TPSA) is 0 Å². The van der Waals surface area contributed by atoms with Gasteiger partial charge in [-0.2, -0.15) is 23.5 Å². The van der Waals surface area contributed by atoms with Crippen LogP contribution < -0.4 is 0 Å². The highest BCUT2D eigenvalue weighted by atomic mass is 33.1. The maximum Gasteiger partial charge on any atom is 0.0128 e. The van der Waals surface area contributed by atoms with E-state index in [1.165, 1.54) is 46.8 Å². The Morgan fingerprint density at radius 3 is 1.25 bits per heavy atom. The Morgan fingerprint density at radius 2 is 0.950 bits per heavy atom. The van der Waals surface area contributed by atoms with Crippen molar-refractivity contribution < 1.29 is 0 Å². The van der Waals surface area contributed by atoms with Crippen LogP contribution in [-0.2, 0) is 23.6 Å². The Morgan fingerprint density at radius 1 is 0.600 bits per heavy atom. The predicted octanol–water partition coefficient (Wildman–Crippen LogP) is 5.31. The van der Waals surface area contributed by atoms with E-state index in [-0.39, 0.29) is 0 Å². The lowest BCUT2D eigenvalue weighted by Crippen LogP contribution is -1.93. The number of hydrogen-bond acceptors (Lipinski definition) is 6. The maximum absolute atomic E-state index is 5.46. The van der Waals surface area contributed by atoms with E-state index in [4.69, 9.17) is 23.6 Å². The summed E-state index contributed by atoms with van der Waals surface area (Å²) in [7, 11) is 4.05. The Hall–Kier alpha value is 2.70. The Bertz CT molecular complexity index is 290. The molecule has 0 amide bonds. The largest absolute Gasteiger partial charge is 0.161 e. The first-order valence-corrected chi connectivity index (χ1v) is 19.2. The molecule has 0 rings (SSSR count). The number of hydrogen-bond donors (Lipinski definition) is 0. The summed E-state index contributed by atoms with van der Waals surface area (Å²) in [5, 5.41) is 0. The molecule has 8 heteroatoms. The number of thioether (sulfide) groups is 2. The van der Waals surface area contributed by atoms with Crippen molar-refractivity contribution in [1.82, 2.24) is 0 Å². The third kappa shape index (κ3) is 20.7. The predicted molar refractivity (Wildman–Crippen MR) is 122 cm³/mol. The SMILES string of the molecule is CP(C)(=S)CCSCCSSCCSCCP(C)(C)=S. The highest BCUT2D eigenvalue weighted by molar-refractivity contribution is 8.76. The molecule has 0 saturated heterocycles. The van der Waals surface area contributed by atoms with Crippen LogP contribution in [0.5, 0.6) is 0 Å². The molecule has 0 atom stereocenters. The van der Waals surface area contributed by atoms with Crippen LogP contribution in [0, 0.1) is 0 Å². The molecule has 0 bridgehead atoms. The van der Waals surface area contributed by atoms with Gasteiger partial charge in [-0.05, 0) is 62.6 Å². The van der Waals surface area contributed by atoms with Gasteiger partial charge < -0.3 is 0 Å². The smallest absolute Gasteiger partial charge is 0.0128 e. The van der Waals surface area contributed by atoms with Crippen molar-refractivity contribution in [2.24, 2.45) is 0 Å². The van der Waals surface area contributed by atoms with Crippen LogP contribution in [0.3, 0.4) is 0 Å². The zero-order valence-electron chi connectivity index (χ0n) is 13.0. The zero-order chi connectivity index (χ0) is 15.5. The minimum absolute atomic E-state index is 0.962. The third-order valence-corrected chi connectivity index (χ3v) is 11.5. The first-order valence-electron chi connectivity index (χ1n) is 6.69. The second kappa shape index (κ2) is 13.0. The van der Waals surface area contributed by atoms with Crippen LogP contribution in [0.2, 0.25) is 0 Å². The fourth-order valence-corrected chi connectivity index (χ4v) is 11.0. The molecule has 0 aliphatic heterocycles. The van der Waals surface area contributed by atoms with Crippen LogP contribution in [0.1, 0.15) is 0 Å². The molecule has 0 aromatic rings. The molecule has 0 nitrogen and oxygen atoms in total. The van der Waals surface area contributed by atoms with Gasteiger partial charge in [0.25, 0.3) is 0 Å². The lowest BCUT2D eigenvalue weighted by molar-refractivity contribution is 1.47. The summed E-state index contributed by atoms with van der Waals surface area (Å²) in [6, 6.07) is -1.92. The number of rotatable bonds is 13. The molecule has 20 heavy (non-hydrogen) atoms. The van der Waals surface area contributed by atoms with E-state index in [0.29, 0.717) is 0 Å². The van der Waals surface area contributed by atoms with Gasteiger partial charge in [-0.25, -0.2) is 0 Å². The van der Waals surface area contributed by atoms with Gasteiger partial charge >= 0.3 is 0 Å². The van der Waals surface area contributed by atoms with Crippen LogP contribution >= 0.6 is 57.2 Å². The Balaban J connectivity index is 3.14. The molecule has 0 saturated carbocycles. The van der Waals surface area contributed by atoms with Crippen molar-refractivity contribution in [3.05, 3.63) is 0 Å². The first-order chi connectivity index (χ1) is 9.21. The molecule has 0 aromatic heterocycles. The van der Waals surface area contributed by atoms with Crippen molar-refractivity contribution in [2.75, 3.05) is 73.5 Å². The minimum atomic E-state index is -0.962. The van der Waals surface area contributed by atoms with Gasteiger partial charge in [-0.1, -0.05) is 45.2 Å². The lowest BCUT2D eigenvalue weighted by atomic mass is 10.9. The quantitative estimate of drug-likeness (QED) is 0.221. The highest BCUT2D eigenvalue weighted by Gasteiger charge is 2.02. The van der Waals surface area contributed by atoms with Gasteiger partial charge in [-0.3, -0.25) is 0 Å². The lowest BCUT2D eigenvalue weighted by Gasteiger charge is -2.09. The fraction of sp³-hybridized carbons (Fsp3) is 1.00. The van der Waals surface area contributed by atoms with E-state index in [0.717, 1.165) is 0 Å². The van der Waals surface area contributed by atoms with Crippen LogP contribution in [-0.4, -0.2) is 73.5 Å². The Labute approximate surface area is 153 Å². The summed E-state index contributed by atoms with van der Waals surface area (Å²) < 4.78 is 0. The molecule has 0 fully saturated rings. The van der Waals surface area contributed by atoms with Gasteiger partial charge in [0.05, 0.1) is 0 Å². The Kier molecular flexibility index (Phi) is 14.8. The van der Waals surface area contributed by atoms with Gasteiger partial charge in [-0.15, -0.1) is 0 Å². The summed E-state index contributed by atoms with van der Waals surface area (Å²) in [5.74, 6) is 7.59. The minimum Gasteiger partial charge on any atom is -0.161 e. The molecule has 0 radical (unpaired) electrons. The van der Waals surface area contributed by atoms with Crippen molar-refractivity contribution in [3.8, 4) is 0 Å². The van der Waals surface area contributed by atoms with Gasteiger partial charge in [0, 0.05) is 23.0 Å². The third-order valence-electron chi connectivity index (χ3n) is 2.25. The van der Waals surface area contributed by atoms with E-state index < -0.39 is 12.1 Å². The zero-order valence-corrected chi connectivity index (χ0v) is 19.7. The second-order valence-electron chi connectivity index (χ2n) is 5.46. The van der Waals surface area contributed by atoms with E-state index in [2.05, 4.69) is 50.2 Å². The second-order valence-corrected chi connectivity index (χ2v) is 23.7. The molecule has 0 unspecified atom stereocenters. The molecule has 0 aliphatic rings. The summed E-state index contributed by atoms with van der Waals surface area (Å²) in [6.45, 7) is 9.00. The molecular weight excluding hydrogens is 398 g/mol. The molecule has 0 N–H and O–H groups in total. The summed E-state index contributed by atoms with van der Waals surface area (Å²) in [5.41, 5.74) is 0. The molecular formula is C12H28P2S6. The summed E-state index contributed by atoms with van der Waals surface area (Å²) in [6.07, 6.45) is 2.51. The van der Waals surface area contributed by atoms with Crippen molar-refractivity contribution >= 4 is 80.8 Å². The average Bonchev–Trinajstić information content (AvgIpc) is 2.27.